The van der Waals surface area contributed by atoms with E-state index in [1.54, 1.807) is 31.3 Å². The molecule has 0 radical (unpaired) electrons. The summed E-state index contributed by atoms with van der Waals surface area (Å²) in [5.74, 6) is -1.03. The van der Waals surface area contributed by atoms with Gasteiger partial charge in [0.25, 0.3) is 17.7 Å². The zero-order valence-corrected chi connectivity index (χ0v) is 15.5. The number of aryl methyl sites for hydroxylation is 1. The fraction of sp³-hybridized carbons (Fsp3) is 0.0870. The minimum absolute atomic E-state index is 0.247. The average molecular weight is 370 g/mol. The Balaban J connectivity index is 1.70. The maximum atomic E-state index is 13.0. The Kier molecular flexibility index (Phi) is 4.28. The summed E-state index contributed by atoms with van der Waals surface area (Å²) in [6, 6.07) is 21.1. The van der Waals surface area contributed by atoms with Crippen LogP contribution in [0, 0.1) is 6.92 Å². The molecule has 138 valence electrons. The van der Waals surface area contributed by atoms with Gasteiger partial charge >= 0.3 is 0 Å². The summed E-state index contributed by atoms with van der Waals surface area (Å²) in [6.45, 7) is 1.85. The second kappa shape index (κ2) is 6.78. The van der Waals surface area contributed by atoms with Crippen LogP contribution in [-0.4, -0.2) is 24.8 Å². The quantitative estimate of drug-likeness (QED) is 0.653. The van der Waals surface area contributed by atoms with Crippen LogP contribution in [0.15, 0.2) is 72.8 Å². The van der Waals surface area contributed by atoms with Crippen molar-refractivity contribution in [3.8, 4) is 0 Å². The largest absolute Gasteiger partial charge is 0.311 e. The van der Waals surface area contributed by atoms with Crippen molar-refractivity contribution < 1.29 is 14.4 Å². The first-order chi connectivity index (χ1) is 13.5. The highest BCUT2D eigenvalue weighted by atomic mass is 16.2. The topological polar surface area (TPSA) is 57.7 Å². The first-order valence-corrected chi connectivity index (χ1v) is 8.90. The van der Waals surface area contributed by atoms with Crippen molar-refractivity contribution in [2.75, 3.05) is 16.8 Å². The van der Waals surface area contributed by atoms with Gasteiger partial charge in [-0.15, -0.1) is 0 Å². The van der Waals surface area contributed by atoms with E-state index in [0.29, 0.717) is 16.8 Å². The van der Waals surface area contributed by atoms with E-state index in [4.69, 9.17) is 0 Å². The molecule has 0 fully saturated rings. The second-order valence-electron chi connectivity index (χ2n) is 6.69. The molecule has 3 aromatic carbocycles. The summed E-state index contributed by atoms with van der Waals surface area (Å²) in [6.07, 6.45) is 0. The molecular formula is C23H18N2O3. The Hall–Kier alpha value is -3.73. The smallest absolute Gasteiger partial charge is 0.266 e. The van der Waals surface area contributed by atoms with Gasteiger partial charge in [0.1, 0.15) is 0 Å². The van der Waals surface area contributed by atoms with E-state index in [9.17, 15) is 14.4 Å². The van der Waals surface area contributed by atoms with Gasteiger partial charge in [0.05, 0.1) is 16.8 Å². The van der Waals surface area contributed by atoms with Crippen molar-refractivity contribution in [3.05, 3.63) is 95.1 Å². The van der Waals surface area contributed by atoms with Gasteiger partial charge in [0.15, 0.2) is 0 Å². The van der Waals surface area contributed by atoms with Crippen LogP contribution in [0.1, 0.15) is 36.6 Å². The van der Waals surface area contributed by atoms with Crippen LogP contribution in [0.5, 0.6) is 0 Å². The molecule has 0 bridgehead atoms. The molecule has 1 heterocycles. The lowest BCUT2D eigenvalue weighted by Gasteiger charge is -2.17. The molecule has 4 rings (SSSR count). The van der Waals surface area contributed by atoms with E-state index in [-0.39, 0.29) is 17.4 Å². The minimum atomic E-state index is -0.411. The zero-order chi connectivity index (χ0) is 19.8. The molecule has 1 aliphatic heterocycles. The lowest BCUT2D eigenvalue weighted by Crippen LogP contribution is -2.30. The fourth-order valence-electron chi connectivity index (χ4n) is 3.37. The van der Waals surface area contributed by atoms with Crippen molar-refractivity contribution in [3.63, 3.8) is 0 Å². The molecule has 0 N–H and O–H groups in total. The number of anilines is 2. The summed E-state index contributed by atoms with van der Waals surface area (Å²) in [7, 11) is 1.68. The van der Waals surface area contributed by atoms with Gasteiger partial charge in [0, 0.05) is 18.3 Å². The molecule has 3 aromatic rings. The van der Waals surface area contributed by atoms with Crippen molar-refractivity contribution in [1.82, 2.24) is 0 Å². The molecule has 0 saturated heterocycles. The molecule has 5 nitrogen and oxygen atoms in total. The molecule has 0 aliphatic carbocycles. The van der Waals surface area contributed by atoms with Crippen LogP contribution in [0.2, 0.25) is 0 Å². The SMILES string of the molecule is Cc1ccccc1N1C(=O)c2ccc(C(=O)N(C)c3ccccc3)cc2C1=O. The lowest BCUT2D eigenvalue weighted by molar-refractivity contribution is 0.0925. The first kappa shape index (κ1) is 17.7. The van der Waals surface area contributed by atoms with Crippen molar-refractivity contribution in [2.24, 2.45) is 0 Å². The van der Waals surface area contributed by atoms with E-state index in [2.05, 4.69) is 0 Å². The zero-order valence-electron chi connectivity index (χ0n) is 15.5. The van der Waals surface area contributed by atoms with Gasteiger partial charge in [-0.3, -0.25) is 14.4 Å². The summed E-state index contributed by atoms with van der Waals surface area (Å²) in [5, 5.41) is 0. The molecular weight excluding hydrogens is 352 g/mol. The molecule has 5 heteroatoms. The van der Waals surface area contributed by atoms with E-state index in [0.717, 1.165) is 11.3 Å². The maximum absolute atomic E-state index is 13.0. The molecule has 3 amide bonds. The van der Waals surface area contributed by atoms with E-state index in [1.807, 2.05) is 49.4 Å². The Labute approximate surface area is 162 Å². The highest BCUT2D eigenvalue weighted by Gasteiger charge is 2.37. The molecule has 0 spiro atoms. The number of rotatable bonds is 3. The minimum Gasteiger partial charge on any atom is -0.311 e. The molecule has 0 atom stereocenters. The first-order valence-electron chi connectivity index (χ1n) is 8.90. The van der Waals surface area contributed by atoms with E-state index < -0.39 is 5.91 Å². The highest BCUT2D eigenvalue weighted by molar-refractivity contribution is 6.35. The Bertz CT molecular complexity index is 1110. The molecule has 0 saturated carbocycles. The van der Waals surface area contributed by atoms with Gasteiger partial charge in [-0.2, -0.15) is 0 Å². The van der Waals surface area contributed by atoms with Crippen molar-refractivity contribution in [1.29, 1.82) is 0 Å². The van der Waals surface area contributed by atoms with Crippen LogP contribution in [0.3, 0.4) is 0 Å². The number of carbonyl (C=O) groups is 3. The third-order valence-corrected chi connectivity index (χ3v) is 4.94. The molecule has 28 heavy (non-hydrogen) atoms. The molecule has 1 aliphatic rings. The van der Waals surface area contributed by atoms with Crippen LogP contribution >= 0.6 is 0 Å². The number of benzene rings is 3. The number of carbonyl (C=O) groups excluding carboxylic acids is 3. The maximum Gasteiger partial charge on any atom is 0.266 e. The summed E-state index contributed by atoms with van der Waals surface area (Å²) >= 11 is 0. The number of hydrogen-bond donors (Lipinski definition) is 0. The van der Waals surface area contributed by atoms with Gasteiger partial charge in [-0.1, -0.05) is 36.4 Å². The number of amides is 3. The Morgan fingerprint density at radius 2 is 1.46 bits per heavy atom. The van der Waals surface area contributed by atoms with E-state index >= 15 is 0 Å². The highest BCUT2D eigenvalue weighted by Crippen LogP contribution is 2.31. The predicted octanol–water partition coefficient (Wildman–Crippen LogP) is 4.07. The van der Waals surface area contributed by atoms with E-state index in [1.165, 1.54) is 15.9 Å². The number of para-hydroxylation sites is 2. The fourth-order valence-corrected chi connectivity index (χ4v) is 3.37. The van der Waals surface area contributed by atoms with Crippen molar-refractivity contribution >= 4 is 29.1 Å². The lowest BCUT2D eigenvalue weighted by atomic mass is 10.0. The van der Waals surface area contributed by atoms with Crippen LogP contribution in [-0.2, 0) is 0 Å². The second-order valence-corrected chi connectivity index (χ2v) is 6.69. The number of hydrogen-bond acceptors (Lipinski definition) is 3. The monoisotopic (exact) mass is 370 g/mol. The van der Waals surface area contributed by atoms with Gasteiger partial charge in [-0.25, -0.2) is 4.90 Å². The number of imide groups is 1. The van der Waals surface area contributed by atoms with Gasteiger partial charge in [0.2, 0.25) is 0 Å². The van der Waals surface area contributed by atoms with Crippen LogP contribution in [0.4, 0.5) is 11.4 Å². The predicted molar refractivity (Wildman–Crippen MR) is 108 cm³/mol. The summed E-state index contributed by atoms with van der Waals surface area (Å²) < 4.78 is 0. The Morgan fingerprint density at radius 3 is 2.18 bits per heavy atom. The normalized spacial score (nSPS) is 12.9. The molecule has 0 aromatic heterocycles. The summed E-state index contributed by atoms with van der Waals surface area (Å²) in [4.78, 5) is 41.3. The Morgan fingerprint density at radius 1 is 0.821 bits per heavy atom. The summed E-state index contributed by atoms with van der Waals surface area (Å²) in [5.41, 5.74) is 3.06. The van der Waals surface area contributed by atoms with Gasteiger partial charge < -0.3 is 4.90 Å². The number of nitrogens with zero attached hydrogens (tertiary/aromatic N) is 2. The number of fused-ring (bicyclic) bond motifs is 1. The van der Waals surface area contributed by atoms with Crippen LogP contribution in [0.25, 0.3) is 0 Å². The third kappa shape index (κ3) is 2.77. The van der Waals surface area contributed by atoms with Crippen molar-refractivity contribution in [2.45, 2.75) is 6.92 Å². The standard InChI is InChI=1S/C23H18N2O3/c1-15-8-6-7-11-20(15)25-22(27)18-13-12-16(14-19(18)23(25)28)21(26)24(2)17-9-4-3-5-10-17/h3-14H,1-2H3. The van der Waals surface area contributed by atoms with Crippen LogP contribution < -0.4 is 9.80 Å². The van der Waals surface area contributed by atoms with Gasteiger partial charge in [-0.05, 0) is 48.9 Å². The third-order valence-electron chi connectivity index (χ3n) is 4.94. The molecule has 0 unspecified atom stereocenters. The average Bonchev–Trinajstić information content (AvgIpc) is 2.98.